The van der Waals surface area contributed by atoms with Crippen LogP contribution in [0.3, 0.4) is 0 Å². The second-order valence-corrected chi connectivity index (χ2v) is 8.19. The molecule has 1 saturated carbocycles. The third-order valence-electron chi connectivity index (χ3n) is 6.15. The predicted molar refractivity (Wildman–Crippen MR) is 102 cm³/mol. The van der Waals surface area contributed by atoms with Gasteiger partial charge < -0.3 is 11.1 Å². The number of halogens is 1. The van der Waals surface area contributed by atoms with Gasteiger partial charge in [-0.2, -0.15) is 0 Å². The first-order valence-electron chi connectivity index (χ1n) is 10.0. The summed E-state index contributed by atoms with van der Waals surface area (Å²) >= 11 is 0. The number of carbonyl (C=O) groups is 1. The molecule has 1 amide bonds. The van der Waals surface area contributed by atoms with Crippen LogP contribution in [0.4, 0.5) is 4.39 Å². The van der Waals surface area contributed by atoms with Crippen molar-refractivity contribution < 1.29 is 9.18 Å². The predicted octanol–water partition coefficient (Wildman–Crippen LogP) is 3.21. The molecule has 1 saturated heterocycles. The maximum absolute atomic E-state index is 13.0. The Morgan fingerprint density at radius 2 is 1.81 bits per heavy atom. The van der Waals surface area contributed by atoms with Gasteiger partial charge in [-0.1, -0.05) is 31.4 Å². The molecule has 2 aliphatic rings. The molecule has 0 aromatic heterocycles. The summed E-state index contributed by atoms with van der Waals surface area (Å²) in [4.78, 5) is 14.9. The Morgan fingerprint density at radius 3 is 2.42 bits per heavy atom. The normalized spacial score (nSPS) is 21.5. The number of carbonyl (C=O) groups excluding carboxylic acids is 1. The average molecular weight is 362 g/mol. The van der Waals surface area contributed by atoms with Crippen LogP contribution < -0.4 is 11.1 Å². The number of nitrogens with two attached hydrogens (primary N) is 1. The van der Waals surface area contributed by atoms with Crippen LogP contribution in [-0.2, 0) is 11.3 Å². The van der Waals surface area contributed by atoms with Gasteiger partial charge in [0, 0.05) is 32.1 Å². The molecule has 1 aliphatic heterocycles. The molecule has 3 rings (SSSR count). The molecule has 1 heterocycles. The van der Waals surface area contributed by atoms with Crippen molar-refractivity contribution in [1.82, 2.24) is 10.2 Å². The van der Waals surface area contributed by atoms with Crippen molar-refractivity contribution in [1.29, 1.82) is 0 Å². The molecule has 0 spiro atoms. The first kappa shape index (κ1) is 19.3. The molecule has 1 aliphatic carbocycles. The van der Waals surface area contributed by atoms with Gasteiger partial charge in [0.2, 0.25) is 5.91 Å². The fourth-order valence-electron chi connectivity index (χ4n) is 4.46. The number of rotatable bonds is 6. The molecule has 144 valence electrons. The summed E-state index contributed by atoms with van der Waals surface area (Å²) < 4.78 is 13.0. The first-order valence-corrected chi connectivity index (χ1v) is 10.0. The molecular weight excluding hydrogens is 329 g/mol. The number of hydrogen-bond acceptors (Lipinski definition) is 3. The van der Waals surface area contributed by atoms with Gasteiger partial charge in [-0.25, -0.2) is 4.39 Å². The third kappa shape index (κ3) is 5.27. The lowest BCUT2D eigenvalue weighted by Gasteiger charge is -2.37. The van der Waals surface area contributed by atoms with E-state index in [1.807, 2.05) is 12.1 Å². The Bertz CT molecular complexity index is 575. The molecule has 2 fully saturated rings. The average Bonchev–Trinajstić information content (AvgIpc) is 2.66. The lowest BCUT2D eigenvalue weighted by molar-refractivity contribution is -0.124. The maximum Gasteiger partial charge on any atom is 0.220 e. The number of nitrogens with one attached hydrogen (secondary N) is 1. The Kier molecular flexibility index (Phi) is 6.65. The third-order valence-corrected chi connectivity index (χ3v) is 6.15. The van der Waals surface area contributed by atoms with Crippen molar-refractivity contribution in [3.05, 3.63) is 35.6 Å². The lowest BCUT2D eigenvalue weighted by atomic mass is 9.71. The van der Waals surface area contributed by atoms with E-state index in [9.17, 15) is 9.18 Å². The Balaban J connectivity index is 1.41. The van der Waals surface area contributed by atoms with Crippen LogP contribution in [0.2, 0.25) is 0 Å². The SMILES string of the molecule is NCC1(CC(=O)NC2CCN(Cc3ccc(F)cc3)CC2)CCCCC1. The van der Waals surface area contributed by atoms with Crippen LogP contribution in [0, 0.1) is 11.2 Å². The Labute approximate surface area is 156 Å². The summed E-state index contributed by atoms with van der Waals surface area (Å²) in [5.41, 5.74) is 7.18. The largest absolute Gasteiger partial charge is 0.353 e. The van der Waals surface area contributed by atoms with Crippen LogP contribution in [0.15, 0.2) is 24.3 Å². The molecule has 4 nitrogen and oxygen atoms in total. The zero-order valence-corrected chi connectivity index (χ0v) is 15.7. The van der Waals surface area contributed by atoms with E-state index in [-0.39, 0.29) is 23.2 Å². The topological polar surface area (TPSA) is 58.4 Å². The zero-order chi connectivity index (χ0) is 18.4. The lowest BCUT2D eigenvalue weighted by Crippen LogP contribution is -2.46. The minimum atomic E-state index is -0.191. The summed E-state index contributed by atoms with van der Waals surface area (Å²) in [5.74, 6) is -0.0160. The summed E-state index contributed by atoms with van der Waals surface area (Å²) in [6.45, 7) is 3.39. The second kappa shape index (κ2) is 8.96. The highest BCUT2D eigenvalue weighted by molar-refractivity contribution is 5.77. The molecule has 5 heteroatoms. The molecule has 0 radical (unpaired) electrons. The molecule has 3 N–H and O–H groups in total. The zero-order valence-electron chi connectivity index (χ0n) is 15.7. The van der Waals surface area contributed by atoms with Gasteiger partial charge in [0.15, 0.2) is 0 Å². The number of amides is 1. The van der Waals surface area contributed by atoms with Gasteiger partial charge in [-0.3, -0.25) is 9.69 Å². The number of nitrogens with zero attached hydrogens (tertiary/aromatic N) is 1. The fourth-order valence-corrected chi connectivity index (χ4v) is 4.46. The van der Waals surface area contributed by atoms with E-state index in [4.69, 9.17) is 5.73 Å². The Hall–Kier alpha value is -1.46. The van der Waals surface area contributed by atoms with Gasteiger partial charge in [-0.05, 0) is 55.3 Å². The molecular formula is C21H32FN3O. The van der Waals surface area contributed by atoms with Crippen molar-refractivity contribution in [3.8, 4) is 0 Å². The minimum Gasteiger partial charge on any atom is -0.353 e. The molecule has 1 aromatic rings. The van der Waals surface area contributed by atoms with Gasteiger partial charge in [0.25, 0.3) is 0 Å². The monoisotopic (exact) mass is 361 g/mol. The first-order chi connectivity index (χ1) is 12.6. The fraction of sp³-hybridized carbons (Fsp3) is 0.667. The van der Waals surface area contributed by atoms with Crippen LogP contribution in [0.5, 0.6) is 0 Å². The minimum absolute atomic E-state index is 0.0334. The quantitative estimate of drug-likeness (QED) is 0.818. The van der Waals surface area contributed by atoms with Gasteiger partial charge in [-0.15, -0.1) is 0 Å². The number of benzene rings is 1. The van der Waals surface area contributed by atoms with Crippen molar-refractivity contribution in [3.63, 3.8) is 0 Å². The van der Waals surface area contributed by atoms with Crippen molar-refractivity contribution in [2.24, 2.45) is 11.1 Å². The number of likely N-dealkylation sites (tertiary alicyclic amines) is 1. The summed E-state index contributed by atoms with van der Waals surface area (Å²) in [7, 11) is 0. The van der Waals surface area contributed by atoms with E-state index in [0.717, 1.165) is 50.9 Å². The molecule has 26 heavy (non-hydrogen) atoms. The maximum atomic E-state index is 13.0. The molecule has 0 atom stereocenters. The second-order valence-electron chi connectivity index (χ2n) is 8.19. The van der Waals surface area contributed by atoms with E-state index in [1.165, 1.54) is 31.4 Å². The highest BCUT2D eigenvalue weighted by Crippen LogP contribution is 2.38. The van der Waals surface area contributed by atoms with Gasteiger partial charge in [0.1, 0.15) is 5.82 Å². The highest BCUT2D eigenvalue weighted by atomic mass is 19.1. The standard InChI is InChI=1S/C21H32FN3O/c22-18-6-4-17(5-7-18)15-25-12-8-19(9-13-25)24-20(26)14-21(16-23)10-2-1-3-11-21/h4-7,19H,1-3,8-16,23H2,(H,24,26). The van der Waals surface area contributed by atoms with E-state index in [0.29, 0.717) is 13.0 Å². The summed E-state index contributed by atoms with van der Waals surface area (Å²) in [6.07, 6.45) is 8.39. The summed E-state index contributed by atoms with van der Waals surface area (Å²) in [6, 6.07) is 6.99. The van der Waals surface area contributed by atoms with Crippen LogP contribution in [0.25, 0.3) is 0 Å². The van der Waals surface area contributed by atoms with E-state index in [2.05, 4.69) is 10.2 Å². The number of hydrogen-bond donors (Lipinski definition) is 2. The van der Waals surface area contributed by atoms with Gasteiger partial charge >= 0.3 is 0 Å². The van der Waals surface area contributed by atoms with Crippen LogP contribution in [0.1, 0.15) is 56.9 Å². The highest BCUT2D eigenvalue weighted by Gasteiger charge is 2.33. The Morgan fingerprint density at radius 1 is 1.15 bits per heavy atom. The van der Waals surface area contributed by atoms with Crippen molar-refractivity contribution in [2.45, 2.75) is 64.0 Å². The van der Waals surface area contributed by atoms with Gasteiger partial charge in [0.05, 0.1) is 0 Å². The molecule has 1 aromatic carbocycles. The molecule has 0 bridgehead atoms. The van der Waals surface area contributed by atoms with E-state index >= 15 is 0 Å². The number of piperidine rings is 1. The molecule has 0 unspecified atom stereocenters. The van der Waals surface area contributed by atoms with Crippen LogP contribution >= 0.6 is 0 Å². The van der Waals surface area contributed by atoms with E-state index in [1.54, 1.807) is 0 Å². The van der Waals surface area contributed by atoms with Crippen molar-refractivity contribution >= 4 is 5.91 Å². The van der Waals surface area contributed by atoms with Crippen LogP contribution in [-0.4, -0.2) is 36.5 Å². The summed E-state index contributed by atoms with van der Waals surface area (Å²) in [5, 5.41) is 3.25. The van der Waals surface area contributed by atoms with E-state index < -0.39 is 0 Å². The van der Waals surface area contributed by atoms with Crippen molar-refractivity contribution in [2.75, 3.05) is 19.6 Å². The smallest absolute Gasteiger partial charge is 0.220 e.